The van der Waals surface area contributed by atoms with Gasteiger partial charge in [0, 0.05) is 30.5 Å². The van der Waals surface area contributed by atoms with Crippen molar-refractivity contribution in [3.63, 3.8) is 0 Å². The Morgan fingerprint density at radius 1 is 1.17 bits per heavy atom. The highest BCUT2D eigenvalue weighted by Gasteiger charge is 2.50. The highest BCUT2D eigenvalue weighted by molar-refractivity contribution is 7.23. The third-order valence-corrected chi connectivity index (χ3v) is 11.5. The molecule has 3 saturated heterocycles. The summed E-state index contributed by atoms with van der Waals surface area (Å²) in [7, 11) is 0. The number of benzene rings is 2. The summed E-state index contributed by atoms with van der Waals surface area (Å²) < 4.78 is 103. The van der Waals surface area contributed by atoms with E-state index in [9.17, 15) is 22.0 Å². The first-order valence-electron chi connectivity index (χ1n) is 15.8. The minimum atomic E-state index is -5.08. The van der Waals surface area contributed by atoms with E-state index in [1.165, 1.54) is 0 Å². The van der Waals surface area contributed by atoms with Crippen molar-refractivity contribution in [2.75, 3.05) is 38.5 Å². The molecule has 1 spiro atoms. The Morgan fingerprint density at radius 3 is 2.71 bits per heavy atom. The molecule has 15 heteroatoms. The lowest BCUT2D eigenvalue weighted by Crippen LogP contribution is -2.45. The SMILES string of the molecule is [C-]#[N+]c1c(N)sc2c(F)ccc(-c3c(C(F)(F)F)cc4c(OC5CC6(CCNC6)C5)nc(OC[C@@]56CCCN5C[C@H](F)C6)nc4c3F)c12. The highest BCUT2D eigenvalue weighted by atomic mass is 32.1. The van der Waals surface area contributed by atoms with Crippen molar-refractivity contribution < 1.29 is 35.8 Å². The van der Waals surface area contributed by atoms with Crippen LogP contribution in [0.3, 0.4) is 0 Å². The van der Waals surface area contributed by atoms with E-state index in [0.717, 1.165) is 44.1 Å². The fourth-order valence-corrected chi connectivity index (χ4v) is 9.19. The van der Waals surface area contributed by atoms with Gasteiger partial charge in [-0.2, -0.15) is 23.1 Å². The maximum absolute atomic E-state index is 16.9. The van der Waals surface area contributed by atoms with Crippen molar-refractivity contribution in [2.45, 2.75) is 62.5 Å². The zero-order valence-electron chi connectivity index (χ0n) is 25.5. The topological polar surface area (TPSA) is 89.9 Å². The van der Waals surface area contributed by atoms with Crippen LogP contribution in [0.2, 0.25) is 0 Å². The molecule has 2 aromatic carbocycles. The van der Waals surface area contributed by atoms with E-state index in [0.29, 0.717) is 37.1 Å². The number of thiophene rings is 1. The van der Waals surface area contributed by atoms with Gasteiger partial charge in [0.05, 0.1) is 32.8 Å². The standard InChI is InChI=1S/C33H30F6N6O2S/c1-41-26-23-18(3-4-21(35)27(23)48-28(26)40)22-20(33(37,38)39)9-19-25(24(22)36)43-30(46-15-32-5-2-8-45(32)13-16(34)10-32)44-29(19)47-17-11-31(12-17)6-7-42-14-31/h3-4,9,16-17,42H,2,5-8,10-15,40H2/t16-,17?,31?,32+/m1/s1. The molecule has 48 heavy (non-hydrogen) atoms. The molecule has 2 aromatic heterocycles. The van der Waals surface area contributed by atoms with Crippen LogP contribution in [-0.4, -0.2) is 65.5 Å². The predicted octanol–water partition coefficient (Wildman–Crippen LogP) is 7.42. The molecule has 5 heterocycles. The normalized spacial score (nSPS) is 27.1. The number of nitrogens with one attached hydrogen (secondary N) is 1. The van der Waals surface area contributed by atoms with Gasteiger partial charge in [0.2, 0.25) is 11.6 Å². The largest absolute Gasteiger partial charge is 0.474 e. The molecule has 4 fully saturated rings. The molecule has 4 aliphatic rings. The predicted molar refractivity (Wildman–Crippen MR) is 168 cm³/mol. The fourth-order valence-electron chi connectivity index (χ4n) is 8.25. The van der Waals surface area contributed by atoms with Crippen molar-refractivity contribution in [2.24, 2.45) is 5.41 Å². The number of hydrogen-bond acceptors (Lipinski definition) is 8. The Morgan fingerprint density at radius 2 is 1.98 bits per heavy atom. The van der Waals surface area contributed by atoms with E-state index in [1.54, 1.807) is 0 Å². The first-order chi connectivity index (χ1) is 22.9. The second-order valence-corrected chi connectivity index (χ2v) is 14.5. The first-order valence-corrected chi connectivity index (χ1v) is 16.6. The monoisotopic (exact) mass is 688 g/mol. The molecule has 2 atom stereocenters. The van der Waals surface area contributed by atoms with Crippen LogP contribution in [0.25, 0.3) is 37.0 Å². The minimum absolute atomic E-state index is 0.00676. The number of fused-ring (bicyclic) bond motifs is 3. The highest BCUT2D eigenvalue weighted by Crippen LogP contribution is 2.52. The van der Waals surface area contributed by atoms with Gasteiger partial charge >= 0.3 is 12.2 Å². The van der Waals surface area contributed by atoms with Crippen LogP contribution in [0.1, 0.15) is 44.1 Å². The van der Waals surface area contributed by atoms with Gasteiger partial charge in [-0.3, -0.25) is 4.90 Å². The van der Waals surface area contributed by atoms with Crippen LogP contribution in [0.15, 0.2) is 18.2 Å². The zero-order valence-corrected chi connectivity index (χ0v) is 26.3. The van der Waals surface area contributed by atoms with E-state index in [-0.39, 0.29) is 74.7 Å². The summed E-state index contributed by atoms with van der Waals surface area (Å²) in [5, 5.41) is 2.70. The van der Waals surface area contributed by atoms with Crippen molar-refractivity contribution in [1.29, 1.82) is 0 Å². The summed E-state index contributed by atoms with van der Waals surface area (Å²) >= 11 is 0.700. The Labute approximate surface area is 275 Å². The van der Waals surface area contributed by atoms with Gasteiger partial charge in [-0.25, -0.2) is 18.0 Å². The third kappa shape index (κ3) is 4.94. The van der Waals surface area contributed by atoms with Crippen LogP contribution in [0, 0.1) is 23.6 Å². The van der Waals surface area contributed by atoms with Gasteiger partial charge in [0.15, 0.2) is 5.82 Å². The van der Waals surface area contributed by atoms with Gasteiger partial charge in [-0.15, -0.1) is 11.3 Å². The van der Waals surface area contributed by atoms with Crippen molar-refractivity contribution in [3.05, 3.63) is 46.8 Å². The van der Waals surface area contributed by atoms with Crippen molar-refractivity contribution in [1.82, 2.24) is 20.2 Å². The zero-order chi connectivity index (χ0) is 33.6. The van der Waals surface area contributed by atoms with Crippen LogP contribution in [-0.2, 0) is 6.18 Å². The van der Waals surface area contributed by atoms with E-state index in [2.05, 4.69) is 20.1 Å². The van der Waals surface area contributed by atoms with E-state index >= 15 is 4.39 Å². The Hall–Kier alpha value is -3.87. The Bertz CT molecular complexity index is 2000. The van der Waals surface area contributed by atoms with Crippen LogP contribution < -0.4 is 20.5 Å². The summed E-state index contributed by atoms with van der Waals surface area (Å²) in [5.41, 5.74) is 2.01. The number of alkyl halides is 4. The molecule has 8 nitrogen and oxygen atoms in total. The first kappa shape index (κ1) is 31.4. The molecule has 0 unspecified atom stereocenters. The maximum atomic E-state index is 16.9. The van der Waals surface area contributed by atoms with Crippen LogP contribution in [0.5, 0.6) is 11.9 Å². The number of rotatable bonds is 6. The summed E-state index contributed by atoms with van der Waals surface area (Å²) in [6.07, 6.45) is -2.44. The lowest BCUT2D eigenvalue weighted by atomic mass is 9.66. The van der Waals surface area contributed by atoms with Gasteiger partial charge in [-0.1, -0.05) is 6.07 Å². The number of anilines is 1. The second-order valence-electron chi connectivity index (χ2n) is 13.5. The second kappa shape index (κ2) is 11.1. The molecule has 1 saturated carbocycles. The quantitative estimate of drug-likeness (QED) is 0.161. The number of aromatic nitrogens is 2. The molecule has 3 N–H and O–H groups in total. The average molecular weight is 689 g/mol. The summed E-state index contributed by atoms with van der Waals surface area (Å²) in [6, 6.07) is 2.36. The number of ether oxygens (including phenoxy) is 2. The van der Waals surface area contributed by atoms with Gasteiger partial charge in [-0.05, 0) is 68.3 Å². The van der Waals surface area contributed by atoms with Gasteiger partial charge < -0.3 is 20.5 Å². The molecule has 4 aromatic rings. The van der Waals surface area contributed by atoms with Gasteiger partial charge in [0.25, 0.3) is 0 Å². The number of halogens is 6. The third-order valence-electron chi connectivity index (χ3n) is 10.5. The van der Waals surface area contributed by atoms with E-state index in [1.807, 2.05) is 4.90 Å². The van der Waals surface area contributed by atoms with Crippen molar-refractivity contribution in [3.8, 4) is 23.0 Å². The van der Waals surface area contributed by atoms with E-state index < -0.39 is 46.2 Å². The molecule has 3 aliphatic heterocycles. The van der Waals surface area contributed by atoms with Crippen molar-refractivity contribution >= 4 is 43.0 Å². The average Bonchev–Trinajstić information content (AvgIpc) is 3.79. The maximum Gasteiger partial charge on any atom is 0.417 e. The molecular weight excluding hydrogens is 658 g/mol. The molecular formula is C33H30F6N6O2S. The molecule has 0 amide bonds. The summed E-state index contributed by atoms with van der Waals surface area (Å²) in [5.74, 6) is -2.42. The molecule has 1 aliphatic carbocycles. The molecule has 0 radical (unpaired) electrons. The molecule has 0 bridgehead atoms. The summed E-state index contributed by atoms with van der Waals surface area (Å²) in [4.78, 5) is 14.0. The van der Waals surface area contributed by atoms with Gasteiger partial charge in [0.1, 0.15) is 30.2 Å². The molecule has 8 rings (SSSR count). The minimum Gasteiger partial charge on any atom is -0.474 e. The van der Waals surface area contributed by atoms with Crippen LogP contribution >= 0.6 is 11.3 Å². The lowest BCUT2D eigenvalue weighted by Gasteiger charge is -2.44. The number of nitrogen functional groups attached to an aromatic ring is 1. The fraction of sp³-hybridized carbons (Fsp3) is 0.485. The lowest BCUT2D eigenvalue weighted by molar-refractivity contribution is -0.137. The van der Waals surface area contributed by atoms with Crippen LogP contribution in [0.4, 0.5) is 37.0 Å². The van der Waals surface area contributed by atoms with E-state index in [4.69, 9.17) is 21.8 Å². The Kier molecular flexibility index (Phi) is 7.25. The molecule has 252 valence electrons. The Balaban J connectivity index is 1.29. The number of nitrogens with zero attached hydrogens (tertiary/aromatic N) is 4. The smallest absolute Gasteiger partial charge is 0.417 e. The number of nitrogens with two attached hydrogens (primary N) is 1. The number of hydrogen-bond donors (Lipinski definition) is 2. The summed E-state index contributed by atoms with van der Waals surface area (Å²) in [6.45, 7) is 10.3.